The summed E-state index contributed by atoms with van der Waals surface area (Å²) in [6, 6.07) is 21.0. The van der Waals surface area contributed by atoms with Crippen LogP contribution in [0.4, 0.5) is 5.69 Å². The monoisotopic (exact) mass is 555 g/mol. The molecule has 0 saturated heterocycles. The lowest BCUT2D eigenvalue weighted by Gasteiger charge is -2.10. The van der Waals surface area contributed by atoms with Crippen molar-refractivity contribution in [2.75, 3.05) is 5.32 Å². The van der Waals surface area contributed by atoms with Gasteiger partial charge in [-0.15, -0.1) is 0 Å². The van der Waals surface area contributed by atoms with Gasteiger partial charge in [0.25, 0.3) is 5.91 Å². The topological polar surface area (TPSA) is 67.2 Å². The number of nitrogens with one attached hydrogen (secondary N) is 2. The van der Waals surface area contributed by atoms with Gasteiger partial charge in [0.1, 0.15) is 5.52 Å². The molecule has 1 heterocycles. The average Bonchev–Trinajstić information content (AvgIpc) is 3.22. The highest BCUT2D eigenvalue weighted by atomic mass is 127. The van der Waals surface area contributed by atoms with Crippen LogP contribution in [0.3, 0.4) is 0 Å². The molecule has 162 valence electrons. The van der Waals surface area contributed by atoms with E-state index in [0.29, 0.717) is 17.4 Å². The first-order chi connectivity index (χ1) is 15.4. The second-order valence-corrected chi connectivity index (χ2v) is 9.21. The van der Waals surface area contributed by atoms with Gasteiger partial charge in [-0.2, -0.15) is 0 Å². The summed E-state index contributed by atoms with van der Waals surface area (Å²) in [5.41, 5.74) is 4.96. The van der Waals surface area contributed by atoms with E-state index in [-0.39, 0.29) is 11.0 Å². The molecule has 7 heteroatoms. The van der Waals surface area contributed by atoms with Crippen molar-refractivity contribution in [2.45, 2.75) is 26.2 Å². The van der Waals surface area contributed by atoms with Gasteiger partial charge in [-0.1, -0.05) is 26.0 Å². The van der Waals surface area contributed by atoms with Gasteiger partial charge in [0.15, 0.2) is 10.7 Å². The summed E-state index contributed by atoms with van der Waals surface area (Å²) in [4.78, 5) is 17.1. The first-order valence-corrected chi connectivity index (χ1v) is 11.8. The smallest absolute Gasteiger partial charge is 0.257 e. The zero-order chi connectivity index (χ0) is 22.7. The van der Waals surface area contributed by atoms with E-state index in [9.17, 15) is 4.79 Å². The molecule has 0 aliphatic carbocycles. The molecule has 2 N–H and O–H groups in total. The van der Waals surface area contributed by atoms with Gasteiger partial charge in [0.05, 0.1) is 0 Å². The van der Waals surface area contributed by atoms with Crippen molar-refractivity contribution in [3.8, 4) is 11.5 Å². The van der Waals surface area contributed by atoms with E-state index >= 15 is 0 Å². The van der Waals surface area contributed by atoms with Crippen LogP contribution in [-0.4, -0.2) is 16.0 Å². The Morgan fingerprint density at radius 3 is 2.66 bits per heavy atom. The maximum absolute atomic E-state index is 12.4. The summed E-state index contributed by atoms with van der Waals surface area (Å²) >= 11 is 7.51. The molecule has 0 radical (unpaired) electrons. The van der Waals surface area contributed by atoms with Crippen LogP contribution in [-0.2, 0) is 0 Å². The number of fused-ring (bicyclic) bond motifs is 1. The molecular weight excluding hydrogens is 533 g/mol. The largest absolute Gasteiger partial charge is 0.436 e. The van der Waals surface area contributed by atoms with Crippen molar-refractivity contribution < 1.29 is 9.21 Å². The first-order valence-electron chi connectivity index (χ1n) is 10.3. The van der Waals surface area contributed by atoms with Crippen molar-refractivity contribution >= 4 is 62.6 Å². The highest BCUT2D eigenvalue weighted by Crippen LogP contribution is 2.29. The van der Waals surface area contributed by atoms with Crippen LogP contribution in [0.15, 0.2) is 71.1 Å². The number of hydrogen-bond acceptors (Lipinski definition) is 4. The van der Waals surface area contributed by atoms with E-state index in [4.69, 9.17) is 16.6 Å². The molecule has 0 saturated carbocycles. The number of hydrogen-bond donors (Lipinski definition) is 2. The Hall–Kier alpha value is -2.78. The molecule has 0 bridgehead atoms. The summed E-state index contributed by atoms with van der Waals surface area (Å²) in [5.74, 6) is 0.757. The number of benzene rings is 3. The molecule has 1 atom stereocenters. The van der Waals surface area contributed by atoms with Crippen molar-refractivity contribution in [1.29, 1.82) is 0 Å². The van der Waals surface area contributed by atoms with Crippen LogP contribution in [0, 0.1) is 3.57 Å². The number of thiocarbonyl (C=S) groups is 1. The molecule has 5 nitrogen and oxygen atoms in total. The number of rotatable bonds is 5. The van der Waals surface area contributed by atoms with Crippen molar-refractivity contribution in [2.24, 2.45) is 0 Å². The lowest BCUT2D eigenvalue weighted by molar-refractivity contribution is 0.0977. The maximum Gasteiger partial charge on any atom is 0.257 e. The third kappa shape index (κ3) is 5.16. The molecule has 0 spiro atoms. The number of carbonyl (C=O) groups is 1. The molecule has 0 fully saturated rings. The minimum Gasteiger partial charge on any atom is -0.436 e. The number of aromatic nitrogens is 1. The summed E-state index contributed by atoms with van der Waals surface area (Å²) in [5, 5.41) is 5.99. The van der Waals surface area contributed by atoms with E-state index in [0.717, 1.165) is 32.3 Å². The molecule has 3 aromatic carbocycles. The summed E-state index contributed by atoms with van der Waals surface area (Å²) in [6.45, 7) is 4.38. The molecule has 1 aromatic heterocycles. The second-order valence-electron chi connectivity index (χ2n) is 7.55. The number of oxazole rings is 1. The van der Waals surface area contributed by atoms with Crippen LogP contribution >= 0.6 is 34.8 Å². The standard InChI is InChI=1S/C25H22IN3O2S/c1-3-15(2)17-9-12-22-21(14-17)28-24(31-22)18-5-4-6-20(13-18)27-25(32)29-23(30)16-7-10-19(26)11-8-16/h4-15H,3H2,1-2H3,(H2,27,29,30,32)/t15-/m0/s1. The highest BCUT2D eigenvalue weighted by molar-refractivity contribution is 14.1. The van der Waals surface area contributed by atoms with Crippen LogP contribution in [0.1, 0.15) is 42.1 Å². The van der Waals surface area contributed by atoms with E-state index in [1.807, 2.05) is 42.5 Å². The van der Waals surface area contributed by atoms with E-state index in [1.165, 1.54) is 5.56 Å². The maximum atomic E-state index is 12.4. The fourth-order valence-corrected chi connectivity index (χ4v) is 3.85. The number of nitrogens with zero attached hydrogens (tertiary/aromatic N) is 1. The summed E-state index contributed by atoms with van der Waals surface area (Å²) in [7, 11) is 0. The first kappa shape index (κ1) is 22.4. The van der Waals surface area contributed by atoms with Gasteiger partial charge in [0.2, 0.25) is 5.89 Å². The Morgan fingerprint density at radius 1 is 1.12 bits per heavy atom. The summed E-state index contributed by atoms with van der Waals surface area (Å²) < 4.78 is 7.03. The van der Waals surface area contributed by atoms with Crippen molar-refractivity contribution in [1.82, 2.24) is 10.3 Å². The van der Waals surface area contributed by atoms with Gasteiger partial charge in [-0.05, 0) is 107 Å². The third-order valence-electron chi connectivity index (χ3n) is 5.29. The second kappa shape index (κ2) is 9.79. The molecule has 0 unspecified atom stereocenters. The predicted molar refractivity (Wildman–Crippen MR) is 141 cm³/mol. The molecule has 4 aromatic rings. The third-order valence-corrected chi connectivity index (χ3v) is 6.22. The number of carbonyl (C=O) groups excluding carboxylic acids is 1. The fourth-order valence-electron chi connectivity index (χ4n) is 3.28. The van der Waals surface area contributed by atoms with Crippen LogP contribution in [0.2, 0.25) is 0 Å². The summed E-state index contributed by atoms with van der Waals surface area (Å²) in [6.07, 6.45) is 1.07. The average molecular weight is 555 g/mol. The Kier molecular flexibility index (Phi) is 6.86. The Balaban J connectivity index is 1.49. The lowest BCUT2D eigenvalue weighted by Crippen LogP contribution is -2.34. The van der Waals surface area contributed by atoms with Crippen LogP contribution in [0.25, 0.3) is 22.6 Å². The molecule has 0 aliphatic rings. The molecule has 1 amide bonds. The number of anilines is 1. The van der Waals surface area contributed by atoms with Crippen LogP contribution in [0.5, 0.6) is 0 Å². The van der Waals surface area contributed by atoms with Gasteiger partial charge in [-0.25, -0.2) is 4.98 Å². The Morgan fingerprint density at radius 2 is 1.91 bits per heavy atom. The van der Waals surface area contributed by atoms with Crippen LogP contribution < -0.4 is 10.6 Å². The minimum absolute atomic E-state index is 0.224. The molecule has 4 rings (SSSR count). The van der Waals surface area contributed by atoms with Gasteiger partial charge in [-0.3, -0.25) is 10.1 Å². The van der Waals surface area contributed by atoms with Gasteiger partial charge >= 0.3 is 0 Å². The SMILES string of the molecule is CC[C@H](C)c1ccc2oc(-c3cccc(NC(=S)NC(=O)c4ccc(I)cc4)c3)nc2c1. The minimum atomic E-state index is -0.258. The highest BCUT2D eigenvalue weighted by Gasteiger charge is 2.12. The molecular formula is C25H22IN3O2S. The fraction of sp³-hybridized carbons (Fsp3) is 0.160. The predicted octanol–water partition coefficient (Wildman–Crippen LogP) is 6.74. The Labute approximate surface area is 205 Å². The van der Waals surface area contributed by atoms with Gasteiger partial charge < -0.3 is 9.73 Å². The zero-order valence-corrected chi connectivity index (χ0v) is 20.7. The molecule has 0 aliphatic heterocycles. The van der Waals surface area contributed by atoms with Crippen molar-refractivity contribution in [3.63, 3.8) is 0 Å². The molecule has 32 heavy (non-hydrogen) atoms. The normalized spacial score (nSPS) is 11.8. The number of halogens is 1. The van der Waals surface area contributed by atoms with E-state index < -0.39 is 0 Å². The lowest BCUT2D eigenvalue weighted by atomic mass is 9.98. The zero-order valence-electron chi connectivity index (χ0n) is 17.7. The number of amides is 1. The van der Waals surface area contributed by atoms with Crippen molar-refractivity contribution in [3.05, 3.63) is 81.4 Å². The quantitative estimate of drug-likeness (QED) is 0.211. The van der Waals surface area contributed by atoms with E-state index in [1.54, 1.807) is 12.1 Å². The van der Waals surface area contributed by atoms with E-state index in [2.05, 4.69) is 64.2 Å². The van der Waals surface area contributed by atoms with Gasteiger partial charge in [0, 0.05) is 20.4 Å². The Bertz CT molecular complexity index is 1280.